The number of hydrogen-bond donors (Lipinski definition) is 1. The number of benzene rings is 1. The van der Waals surface area contributed by atoms with Crippen molar-refractivity contribution in [3.8, 4) is 11.6 Å². The first-order valence-corrected chi connectivity index (χ1v) is 6.54. The molecule has 0 saturated heterocycles. The van der Waals surface area contributed by atoms with Crippen molar-refractivity contribution >= 4 is 11.6 Å². The summed E-state index contributed by atoms with van der Waals surface area (Å²) in [5, 5.41) is 2.86. The Hall–Kier alpha value is -2.43. The molecule has 5 nitrogen and oxygen atoms in total. The second-order valence-corrected chi connectivity index (χ2v) is 4.47. The molecule has 1 atom stereocenters. The molecule has 0 aliphatic rings. The van der Waals surface area contributed by atoms with E-state index in [1.54, 1.807) is 24.5 Å². The van der Waals surface area contributed by atoms with E-state index in [4.69, 9.17) is 4.74 Å². The molecule has 20 heavy (non-hydrogen) atoms. The van der Waals surface area contributed by atoms with Crippen molar-refractivity contribution in [3.05, 3.63) is 42.9 Å². The molecule has 1 heterocycles. The Balaban J connectivity index is 2.06. The highest BCUT2D eigenvalue weighted by molar-refractivity contribution is 5.92. The Morgan fingerprint density at radius 3 is 2.95 bits per heavy atom. The molecule has 1 N–H and O–H groups in total. The molecule has 104 valence electrons. The molecule has 5 heteroatoms. The van der Waals surface area contributed by atoms with Crippen molar-refractivity contribution in [2.75, 3.05) is 5.32 Å². The van der Waals surface area contributed by atoms with Crippen LogP contribution < -0.4 is 10.1 Å². The summed E-state index contributed by atoms with van der Waals surface area (Å²) in [6, 6.07) is 7.20. The lowest BCUT2D eigenvalue weighted by Gasteiger charge is -2.11. The molecule has 2 rings (SSSR count). The van der Waals surface area contributed by atoms with Gasteiger partial charge in [-0.15, -0.1) is 0 Å². The summed E-state index contributed by atoms with van der Waals surface area (Å²) >= 11 is 0. The smallest absolute Gasteiger partial charge is 0.237 e. The Kier molecular flexibility index (Phi) is 4.65. The quantitative estimate of drug-likeness (QED) is 0.906. The number of carbonyl (C=O) groups excluding carboxylic acids is 1. The SMILES string of the molecule is CCC(C)C(=O)Nc1cccc(Oc2cnccn2)c1. The van der Waals surface area contributed by atoms with E-state index in [2.05, 4.69) is 15.3 Å². The van der Waals surface area contributed by atoms with Crippen LogP contribution >= 0.6 is 0 Å². The number of ether oxygens (including phenoxy) is 1. The molecule has 0 fully saturated rings. The molecule has 1 unspecified atom stereocenters. The zero-order chi connectivity index (χ0) is 14.4. The lowest BCUT2D eigenvalue weighted by molar-refractivity contribution is -0.119. The fraction of sp³-hybridized carbons (Fsp3) is 0.267. The van der Waals surface area contributed by atoms with Crippen LogP contribution in [0.25, 0.3) is 0 Å². The van der Waals surface area contributed by atoms with Crippen LogP contribution in [0.4, 0.5) is 5.69 Å². The van der Waals surface area contributed by atoms with Gasteiger partial charge in [-0.25, -0.2) is 4.98 Å². The van der Waals surface area contributed by atoms with Gasteiger partial charge in [-0.3, -0.25) is 9.78 Å². The Morgan fingerprint density at radius 1 is 1.40 bits per heavy atom. The number of nitrogens with zero attached hydrogens (tertiary/aromatic N) is 2. The summed E-state index contributed by atoms with van der Waals surface area (Å²) in [6.07, 6.45) is 5.48. The fourth-order valence-electron chi connectivity index (χ4n) is 1.55. The van der Waals surface area contributed by atoms with Crippen molar-refractivity contribution in [2.45, 2.75) is 20.3 Å². The molecule has 0 radical (unpaired) electrons. The van der Waals surface area contributed by atoms with Gasteiger partial charge in [-0.1, -0.05) is 19.9 Å². The first-order chi connectivity index (χ1) is 9.69. The maximum absolute atomic E-state index is 11.8. The standard InChI is InChI=1S/C15H17N3O2/c1-3-11(2)15(19)18-12-5-4-6-13(9-12)20-14-10-16-7-8-17-14/h4-11H,3H2,1-2H3,(H,18,19). The van der Waals surface area contributed by atoms with E-state index in [0.29, 0.717) is 17.3 Å². The molecule has 1 amide bonds. The third kappa shape index (κ3) is 3.78. The number of hydrogen-bond acceptors (Lipinski definition) is 4. The predicted octanol–water partition coefficient (Wildman–Crippen LogP) is 3.25. The van der Waals surface area contributed by atoms with E-state index in [1.807, 2.05) is 26.0 Å². The van der Waals surface area contributed by atoms with E-state index in [-0.39, 0.29) is 11.8 Å². The maximum Gasteiger partial charge on any atom is 0.237 e. The Labute approximate surface area is 118 Å². The van der Waals surface area contributed by atoms with Gasteiger partial charge in [0.2, 0.25) is 11.8 Å². The van der Waals surface area contributed by atoms with Crippen LogP contribution in [0.3, 0.4) is 0 Å². The molecular weight excluding hydrogens is 254 g/mol. The molecule has 0 spiro atoms. The summed E-state index contributed by atoms with van der Waals surface area (Å²) in [5.74, 6) is 1.01. The molecule has 0 bridgehead atoms. The number of rotatable bonds is 5. The average molecular weight is 271 g/mol. The lowest BCUT2D eigenvalue weighted by Crippen LogP contribution is -2.19. The Bertz CT molecular complexity index is 572. The molecule has 1 aromatic heterocycles. The van der Waals surface area contributed by atoms with E-state index >= 15 is 0 Å². The van der Waals surface area contributed by atoms with E-state index in [9.17, 15) is 4.79 Å². The van der Waals surface area contributed by atoms with E-state index < -0.39 is 0 Å². The van der Waals surface area contributed by atoms with Gasteiger partial charge < -0.3 is 10.1 Å². The van der Waals surface area contributed by atoms with Crippen molar-refractivity contribution in [2.24, 2.45) is 5.92 Å². The van der Waals surface area contributed by atoms with Gasteiger partial charge in [-0.2, -0.15) is 0 Å². The van der Waals surface area contributed by atoms with Crippen LogP contribution in [-0.4, -0.2) is 15.9 Å². The number of amides is 1. The highest BCUT2D eigenvalue weighted by atomic mass is 16.5. The second kappa shape index (κ2) is 6.65. The molecule has 0 aliphatic heterocycles. The molecule has 1 aromatic carbocycles. The van der Waals surface area contributed by atoms with Gasteiger partial charge in [0.25, 0.3) is 0 Å². The van der Waals surface area contributed by atoms with Crippen LogP contribution in [-0.2, 0) is 4.79 Å². The average Bonchev–Trinajstić information content (AvgIpc) is 2.47. The minimum Gasteiger partial charge on any atom is -0.437 e. The van der Waals surface area contributed by atoms with E-state index in [1.165, 1.54) is 6.20 Å². The van der Waals surface area contributed by atoms with Gasteiger partial charge in [0, 0.05) is 30.1 Å². The number of nitrogens with one attached hydrogen (secondary N) is 1. The minimum atomic E-state index is -0.0143. The highest BCUT2D eigenvalue weighted by Crippen LogP contribution is 2.22. The van der Waals surface area contributed by atoms with Gasteiger partial charge in [0.05, 0.1) is 6.20 Å². The van der Waals surface area contributed by atoms with Crippen molar-refractivity contribution in [1.29, 1.82) is 0 Å². The minimum absolute atomic E-state index is 0.00385. The zero-order valence-electron chi connectivity index (χ0n) is 11.5. The third-order valence-corrected chi connectivity index (χ3v) is 2.92. The van der Waals surface area contributed by atoms with Crippen LogP contribution in [0.15, 0.2) is 42.9 Å². The summed E-state index contributed by atoms with van der Waals surface area (Å²) in [5.41, 5.74) is 0.705. The van der Waals surface area contributed by atoms with Crippen molar-refractivity contribution < 1.29 is 9.53 Å². The van der Waals surface area contributed by atoms with Crippen LogP contribution in [0.1, 0.15) is 20.3 Å². The number of carbonyl (C=O) groups is 1. The number of anilines is 1. The largest absolute Gasteiger partial charge is 0.437 e. The summed E-state index contributed by atoms with van der Waals surface area (Å²) in [7, 11) is 0. The molecule has 0 aliphatic carbocycles. The molecule has 2 aromatic rings. The van der Waals surface area contributed by atoms with Gasteiger partial charge in [-0.05, 0) is 18.6 Å². The Morgan fingerprint density at radius 2 is 2.25 bits per heavy atom. The zero-order valence-corrected chi connectivity index (χ0v) is 11.5. The fourth-order valence-corrected chi connectivity index (χ4v) is 1.55. The monoisotopic (exact) mass is 271 g/mol. The van der Waals surface area contributed by atoms with Crippen LogP contribution in [0.5, 0.6) is 11.6 Å². The normalized spacial score (nSPS) is 11.7. The number of aromatic nitrogens is 2. The maximum atomic E-state index is 11.8. The van der Waals surface area contributed by atoms with Crippen LogP contribution in [0.2, 0.25) is 0 Å². The predicted molar refractivity (Wildman–Crippen MR) is 76.6 cm³/mol. The third-order valence-electron chi connectivity index (χ3n) is 2.92. The summed E-state index contributed by atoms with van der Waals surface area (Å²) in [6.45, 7) is 3.88. The molecule has 0 saturated carbocycles. The van der Waals surface area contributed by atoms with Crippen molar-refractivity contribution in [3.63, 3.8) is 0 Å². The van der Waals surface area contributed by atoms with Gasteiger partial charge >= 0.3 is 0 Å². The van der Waals surface area contributed by atoms with Gasteiger partial charge in [0.1, 0.15) is 5.75 Å². The van der Waals surface area contributed by atoms with E-state index in [0.717, 1.165) is 6.42 Å². The lowest BCUT2D eigenvalue weighted by atomic mass is 10.1. The molecular formula is C15H17N3O2. The highest BCUT2D eigenvalue weighted by Gasteiger charge is 2.10. The van der Waals surface area contributed by atoms with Gasteiger partial charge in [0.15, 0.2) is 0 Å². The second-order valence-electron chi connectivity index (χ2n) is 4.47. The summed E-state index contributed by atoms with van der Waals surface area (Å²) in [4.78, 5) is 19.8. The first kappa shape index (κ1) is 14.0. The summed E-state index contributed by atoms with van der Waals surface area (Å²) < 4.78 is 5.56. The van der Waals surface area contributed by atoms with Crippen LogP contribution in [0, 0.1) is 5.92 Å². The topological polar surface area (TPSA) is 64.1 Å². The first-order valence-electron chi connectivity index (χ1n) is 6.54. The van der Waals surface area contributed by atoms with Crippen molar-refractivity contribution in [1.82, 2.24) is 9.97 Å².